The molecule has 0 saturated heterocycles. The van der Waals surface area contributed by atoms with Gasteiger partial charge in [0, 0.05) is 29.4 Å². The van der Waals surface area contributed by atoms with Gasteiger partial charge in [-0.2, -0.15) is 0 Å². The van der Waals surface area contributed by atoms with E-state index in [1.165, 1.54) is 83.4 Å². The Bertz CT molecular complexity index is 686. The number of nitrogens with zero attached hydrogens (tertiary/aromatic N) is 2. The first-order valence-electron chi connectivity index (χ1n) is 14.0. The van der Waals surface area contributed by atoms with E-state index in [1.807, 2.05) is 0 Å². The number of rotatable bonds is 8. The van der Waals surface area contributed by atoms with Gasteiger partial charge in [-0.25, -0.2) is 8.42 Å². The van der Waals surface area contributed by atoms with Crippen LogP contribution in [0.2, 0.25) is 0 Å². The van der Waals surface area contributed by atoms with Crippen molar-refractivity contribution >= 4 is 21.2 Å². The van der Waals surface area contributed by atoms with Crippen molar-refractivity contribution in [2.24, 2.45) is 0 Å². The van der Waals surface area contributed by atoms with Crippen LogP contribution in [0, 0.1) is 0 Å². The lowest BCUT2D eigenvalue weighted by molar-refractivity contribution is 0.0604. The number of hydrogen-bond acceptors (Lipinski definition) is 7. The van der Waals surface area contributed by atoms with Crippen molar-refractivity contribution in [3.05, 3.63) is 0 Å². The molecule has 0 aliphatic heterocycles. The van der Waals surface area contributed by atoms with E-state index < -0.39 is 21.2 Å². The highest BCUT2D eigenvalue weighted by Gasteiger charge is 2.30. The van der Waals surface area contributed by atoms with Crippen molar-refractivity contribution in [1.29, 1.82) is 0 Å². The predicted octanol–water partition coefficient (Wildman–Crippen LogP) is 5.68. The van der Waals surface area contributed by atoms with Gasteiger partial charge in [0.1, 0.15) is 9.84 Å². The van der Waals surface area contributed by atoms with Crippen molar-refractivity contribution in [3.8, 4) is 0 Å². The lowest BCUT2D eigenvalue weighted by Gasteiger charge is -2.43. The molecular formula is C27H56N2O5S2-2. The molecular weight excluding hydrogens is 496 g/mol. The van der Waals surface area contributed by atoms with Gasteiger partial charge in [0.05, 0.1) is 5.75 Å². The fourth-order valence-corrected chi connectivity index (χ4v) is 6.31. The zero-order valence-corrected chi connectivity index (χ0v) is 26.1. The molecule has 2 fully saturated rings. The second kappa shape index (κ2) is 17.5. The van der Waals surface area contributed by atoms with Crippen LogP contribution in [-0.4, -0.2) is 79.8 Å². The smallest absolute Gasteiger partial charge is 0.147 e. The maximum absolute atomic E-state index is 11.2. The molecule has 0 N–H and O–H groups in total. The summed E-state index contributed by atoms with van der Waals surface area (Å²) in [5.74, 6) is 0.312. The zero-order chi connectivity index (χ0) is 28.0. The molecule has 0 unspecified atom stereocenters. The fraction of sp³-hybridized carbons (Fsp3) is 1.00. The van der Waals surface area contributed by atoms with Crippen molar-refractivity contribution in [1.82, 2.24) is 9.80 Å². The van der Waals surface area contributed by atoms with Gasteiger partial charge in [0.25, 0.3) is 0 Å². The molecule has 2 rings (SSSR count). The van der Waals surface area contributed by atoms with E-state index in [4.69, 9.17) is 13.3 Å². The molecule has 2 saturated carbocycles. The Labute approximate surface area is 226 Å². The highest BCUT2D eigenvalue weighted by Crippen LogP contribution is 2.29. The third-order valence-corrected chi connectivity index (χ3v) is 8.16. The van der Waals surface area contributed by atoms with Gasteiger partial charge in [-0.05, 0) is 93.2 Å². The Morgan fingerprint density at radius 3 is 1.36 bits per heavy atom. The van der Waals surface area contributed by atoms with Crippen molar-refractivity contribution in [2.45, 2.75) is 149 Å². The highest BCUT2D eigenvalue weighted by atomic mass is 32.2. The molecule has 0 radical (unpaired) electrons. The van der Waals surface area contributed by atoms with E-state index in [0.717, 1.165) is 19.0 Å². The molecule has 36 heavy (non-hydrogen) atoms. The van der Waals surface area contributed by atoms with Gasteiger partial charge in [-0.15, -0.1) is 11.4 Å². The summed E-state index contributed by atoms with van der Waals surface area (Å²) in [5, 5.41) is 0. The highest BCUT2D eigenvalue weighted by molar-refractivity contribution is 7.90. The standard InChI is InChI=1S/C14H29NO2S.C13H27N.H2O3S/c1-14(2,3)15(11-8-12-18(4,16)17)13-9-6-5-7-10-13;1-5-11-14(13(2,3)4)12-9-7-6-8-10-12;1-4(2)3/h13H,5-12H2,1-4H3;12H,5-11H2,1-4H3;(H2,1,2,3)/p-2. The van der Waals surface area contributed by atoms with Crippen LogP contribution in [0.15, 0.2) is 0 Å². The summed E-state index contributed by atoms with van der Waals surface area (Å²) in [5.41, 5.74) is 0.498. The molecule has 2 aliphatic rings. The van der Waals surface area contributed by atoms with E-state index in [9.17, 15) is 8.42 Å². The summed E-state index contributed by atoms with van der Waals surface area (Å²) in [6.45, 7) is 18.3. The molecule has 0 atom stereocenters. The minimum atomic E-state index is -3.11. The topological polar surface area (TPSA) is 104 Å². The Morgan fingerprint density at radius 2 is 1.08 bits per heavy atom. The summed E-state index contributed by atoms with van der Waals surface area (Å²) in [6.07, 6.45) is 17.1. The minimum Gasteiger partial charge on any atom is -0.784 e. The van der Waals surface area contributed by atoms with Gasteiger partial charge in [0.2, 0.25) is 0 Å². The van der Waals surface area contributed by atoms with Crippen LogP contribution in [0.3, 0.4) is 0 Å². The first-order chi connectivity index (χ1) is 16.5. The lowest BCUT2D eigenvalue weighted by Crippen LogP contribution is -2.49. The number of hydrogen-bond donors (Lipinski definition) is 0. The van der Waals surface area contributed by atoms with E-state index >= 15 is 0 Å². The molecule has 218 valence electrons. The normalized spacial score (nSPS) is 18.6. The summed E-state index contributed by atoms with van der Waals surface area (Å²) >= 11 is -3.11. The molecule has 2 aliphatic carbocycles. The van der Waals surface area contributed by atoms with Gasteiger partial charge < -0.3 is 9.11 Å². The molecule has 9 heteroatoms. The van der Waals surface area contributed by atoms with Crippen LogP contribution in [0.1, 0.15) is 126 Å². The summed E-state index contributed by atoms with van der Waals surface area (Å²) in [7, 11) is -2.82. The van der Waals surface area contributed by atoms with E-state index in [0.29, 0.717) is 17.3 Å². The SMILES string of the molecule is CC(C)(C)N(CCCS(C)(=O)=O)C1CCCCC1.CCCN(C1CCCCC1)C(C)(C)C.O=S([O-])[O-]. The second-order valence-corrected chi connectivity index (χ2v) is 15.2. The van der Waals surface area contributed by atoms with Crippen molar-refractivity contribution in [3.63, 3.8) is 0 Å². The van der Waals surface area contributed by atoms with Gasteiger partial charge in [0.15, 0.2) is 0 Å². The lowest BCUT2D eigenvalue weighted by atomic mass is 9.90. The summed E-state index contributed by atoms with van der Waals surface area (Å²) in [6, 6.07) is 1.52. The summed E-state index contributed by atoms with van der Waals surface area (Å²) in [4.78, 5) is 5.25. The van der Waals surface area contributed by atoms with Crippen LogP contribution in [0.5, 0.6) is 0 Å². The largest absolute Gasteiger partial charge is 0.784 e. The Kier molecular flexibility index (Phi) is 17.5. The monoisotopic (exact) mass is 552 g/mol. The maximum atomic E-state index is 11.2. The molecule has 0 aromatic heterocycles. The molecule has 0 spiro atoms. The Hall–Kier alpha value is -0.0600. The van der Waals surface area contributed by atoms with Gasteiger partial charge >= 0.3 is 0 Å². The quantitative estimate of drug-likeness (QED) is 0.357. The number of sulfone groups is 1. The molecule has 0 aromatic carbocycles. The Balaban J connectivity index is 0.000000606. The third kappa shape index (κ3) is 17.4. The fourth-order valence-electron chi connectivity index (χ4n) is 5.65. The molecule has 0 heterocycles. The van der Waals surface area contributed by atoms with E-state index in [1.54, 1.807) is 0 Å². The van der Waals surface area contributed by atoms with Gasteiger partial charge in [-0.1, -0.05) is 45.4 Å². The van der Waals surface area contributed by atoms with Crippen LogP contribution < -0.4 is 0 Å². The Morgan fingerprint density at radius 1 is 0.750 bits per heavy atom. The van der Waals surface area contributed by atoms with Crippen LogP contribution in [0.4, 0.5) is 0 Å². The molecule has 0 bridgehead atoms. The average Bonchev–Trinajstić information content (AvgIpc) is 2.74. The second-order valence-electron chi connectivity index (χ2n) is 12.5. The first-order valence-corrected chi connectivity index (χ1v) is 17.0. The zero-order valence-electron chi connectivity index (χ0n) is 24.5. The van der Waals surface area contributed by atoms with Crippen molar-refractivity contribution in [2.75, 3.05) is 25.1 Å². The van der Waals surface area contributed by atoms with Crippen LogP contribution in [-0.2, 0) is 21.2 Å². The predicted molar refractivity (Wildman–Crippen MR) is 151 cm³/mol. The maximum Gasteiger partial charge on any atom is 0.147 e. The van der Waals surface area contributed by atoms with E-state index in [-0.39, 0.29) is 5.54 Å². The third-order valence-electron chi connectivity index (χ3n) is 7.13. The molecule has 0 aromatic rings. The average molecular weight is 553 g/mol. The molecule has 0 amide bonds. The summed E-state index contributed by atoms with van der Waals surface area (Å²) < 4.78 is 47.8. The van der Waals surface area contributed by atoms with E-state index in [2.05, 4.69) is 58.3 Å². The first kappa shape index (κ1) is 35.9. The van der Waals surface area contributed by atoms with Crippen LogP contribution in [0.25, 0.3) is 0 Å². The van der Waals surface area contributed by atoms with Crippen LogP contribution >= 0.6 is 0 Å². The molecule has 7 nitrogen and oxygen atoms in total. The van der Waals surface area contributed by atoms with Crippen molar-refractivity contribution < 1.29 is 21.7 Å². The van der Waals surface area contributed by atoms with Gasteiger partial charge in [-0.3, -0.25) is 14.0 Å². The minimum absolute atomic E-state index is 0.138.